The number of nitrogens with zero attached hydrogens (tertiary/aromatic N) is 3. The third kappa shape index (κ3) is 4.42. The average Bonchev–Trinajstić information content (AvgIpc) is 2.77. The van der Waals surface area contributed by atoms with Crippen LogP contribution in [-0.4, -0.2) is 27.6 Å². The molecule has 0 amide bonds. The normalized spacial score (nSPS) is 10.9. The van der Waals surface area contributed by atoms with E-state index in [1.807, 2.05) is 0 Å². The van der Waals surface area contributed by atoms with Gasteiger partial charge in [0.05, 0.1) is 11.5 Å². The first-order valence-electron chi connectivity index (χ1n) is 10.3. The number of hydrogen-bond donors (Lipinski definition) is 3. The molecule has 0 atom stereocenters. The van der Waals surface area contributed by atoms with Crippen LogP contribution < -0.4 is 21.9 Å². The number of rotatable bonds is 7. The molecule has 0 unspecified atom stereocenters. The predicted molar refractivity (Wildman–Crippen MR) is 125 cm³/mol. The van der Waals surface area contributed by atoms with Crippen LogP contribution in [0.1, 0.15) is 5.56 Å². The van der Waals surface area contributed by atoms with E-state index in [0.29, 0.717) is 35.3 Å². The Hall–Kier alpha value is -4.34. The van der Waals surface area contributed by atoms with Crippen molar-refractivity contribution in [1.29, 1.82) is 0 Å². The van der Waals surface area contributed by atoms with Crippen molar-refractivity contribution in [2.45, 2.75) is 6.92 Å². The summed E-state index contributed by atoms with van der Waals surface area (Å²) in [7, 11) is 0. The average molecular weight is 466 g/mol. The zero-order valence-corrected chi connectivity index (χ0v) is 18.2. The van der Waals surface area contributed by atoms with E-state index < -0.39 is 28.7 Å². The van der Waals surface area contributed by atoms with Gasteiger partial charge >= 0.3 is 0 Å². The van der Waals surface area contributed by atoms with Crippen molar-refractivity contribution in [2.75, 3.05) is 18.4 Å². The number of hydrogen-bond acceptors (Lipinski definition) is 6. The molecule has 0 aliphatic heterocycles. The van der Waals surface area contributed by atoms with E-state index in [9.17, 15) is 18.0 Å². The van der Waals surface area contributed by atoms with Gasteiger partial charge in [-0.3, -0.25) is 9.36 Å². The van der Waals surface area contributed by atoms with Crippen molar-refractivity contribution in [3.8, 4) is 16.9 Å². The van der Waals surface area contributed by atoms with Crippen LogP contribution >= 0.6 is 0 Å². The molecule has 0 saturated carbocycles. The number of aryl methyl sites for hydroxylation is 1. The van der Waals surface area contributed by atoms with Gasteiger partial charge < -0.3 is 16.4 Å². The first-order valence-corrected chi connectivity index (χ1v) is 10.3. The third-order valence-corrected chi connectivity index (χ3v) is 5.12. The smallest absolute Gasteiger partial charge is 0.256 e. The SMILES string of the molecule is C=C(N)NCCNc1nc(-c2ccc(F)cc2C)c2ccc(=O)n(-c3c(F)cccc3F)c2n1. The fourth-order valence-corrected chi connectivity index (χ4v) is 3.61. The molecule has 2 heterocycles. The lowest BCUT2D eigenvalue weighted by molar-refractivity contribution is 0.568. The van der Waals surface area contributed by atoms with E-state index >= 15 is 0 Å². The number of fused-ring (bicyclic) bond motifs is 1. The first kappa shape index (κ1) is 22.8. The Morgan fingerprint density at radius 1 is 1.06 bits per heavy atom. The van der Waals surface area contributed by atoms with Gasteiger partial charge in [0.15, 0.2) is 5.65 Å². The van der Waals surface area contributed by atoms with Gasteiger partial charge in [-0.15, -0.1) is 0 Å². The van der Waals surface area contributed by atoms with Gasteiger partial charge in [-0.2, -0.15) is 4.98 Å². The summed E-state index contributed by atoms with van der Waals surface area (Å²) in [4.78, 5) is 21.8. The minimum absolute atomic E-state index is 0.0103. The molecule has 4 rings (SSSR count). The Kier molecular flexibility index (Phi) is 6.22. The van der Waals surface area contributed by atoms with Crippen LogP contribution in [0.4, 0.5) is 19.1 Å². The van der Waals surface area contributed by atoms with E-state index in [1.54, 1.807) is 13.0 Å². The topological polar surface area (TPSA) is 97.9 Å². The van der Waals surface area contributed by atoms with Crippen LogP contribution in [-0.2, 0) is 0 Å². The number of pyridine rings is 1. The van der Waals surface area contributed by atoms with E-state index in [0.717, 1.165) is 16.7 Å². The van der Waals surface area contributed by atoms with Gasteiger partial charge in [-0.1, -0.05) is 12.6 Å². The van der Waals surface area contributed by atoms with E-state index in [1.165, 1.54) is 30.3 Å². The Morgan fingerprint density at radius 2 is 1.79 bits per heavy atom. The second kappa shape index (κ2) is 9.26. The summed E-state index contributed by atoms with van der Waals surface area (Å²) in [6, 6.07) is 10.2. The minimum atomic E-state index is -0.923. The molecule has 0 aliphatic rings. The lowest BCUT2D eigenvalue weighted by Crippen LogP contribution is -2.26. The van der Waals surface area contributed by atoms with Gasteiger partial charge in [0.1, 0.15) is 23.1 Å². The summed E-state index contributed by atoms with van der Waals surface area (Å²) in [5.74, 6) is -1.88. The quantitative estimate of drug-likeness (QED) is 0.360. The fraction of sp³-hybridized carbons (Fsp3) is 0.125. The highest BCUT2D eigenvalue weighted by atomic mass is 19.1. The van der Waals surface area contributed by atoms with E-state index in [-0.39, 0.29) is 17.4 Å². The Labute approximate surface area is 192 Å². The van der Waals surface area contributed by atoms with Gasteiger partial charge in [0.25, 0.3) is 5.56 Å². The van der Waals surface area contributed by atoms with E-state index in [4.69, 9.17) is 5.73 Å². The zero-order chi connectivity index (χ0) is 24.4. The zero-order valence-electron chi connectivity index (χ0n) is 18.2. The molecule has 2 aromatic carbocycles. The fourth-order valence-electron chi connectivity index (χ4n) is 3.61. The van der Waals surface area contributed by atoms with Crippen LogP contribution in [0.15, 0.2) is 65.7 Å². The number of aromatic nitrogens is 3. The van der Waals surface area contributed by atoms with E-state index in [2.05, 4.69) is 27.2 Å². The summed E-state index contributed by atoms with van der Waals surface area (Å²) in [5.41, 5.74) is 5.79. The highest BCUT2D eigenvalue weighted by Crippen LogP contribution is 2.31. The summed E-state index contributed by atoms with van der Waals surface area (Å²) in [6.45, 7) is 5.98. The Bertz CT molecular complexity index is 1450. The molecule has 0 aliphatic carbocycles. The Balaban J connectivity index is 1.99. The molecule has 4 aromatic rings. The molecule has 2 aromatic heterocycles. The largest absolute Gasteiger partial charge is 0.386 e. The molecular formula is C24H21F3N6O. The molecular weight excluding hydrogens is 445 g/mol. The molecule has 7 nitrogen and oxygen atoms in total. The highest BCUT2D eigenvalue weighted by Gasteiger charge is 2.20. The lowest BCUT2D eigenvalue weighted by Gasteiger charge is -2.16. The minimum Gasteiger partial charge on any atom is -0.386 e. The van der Waals surface area contributed by atoms with Crippen LogP contribution in [0.5, 0.6) is 0 Å². The van der Waals surface area contributed by atoms with Gasteiger partial charge in [-0.05, 0) is 48.9 Å². The summed E-state index contributed by atoms with van der Waals surface area (Å²) < 4.78 is 44.0. The molecule has 34 heavy (non-hydrogen) atoms. The summed E-state index contributed by atoms with van der Waals surface area (Å²) in [6.07, 6.45) is 0. The number of nitrogens with one attached hydrogen (secondary N) is 2. The second-order valence-electron chi connectivity index (χ2n) is 7.55. The maximum atomic E-state index is 14.7. The van der Waals surface area contributed by atoms with Crippen molar-refractivity contribution in [1.82, 2.24) is 19.9 Å². The van der Waals surface area contributed by atoms with Gasteiger partial charge in [-0.25, -0.2) is 18.2 Å². The van der Waals surface area contributed by atoms with Crippen LogP contribution in [0, 0.1) is 24.4 Å². The van der Waals surface area contributed by atoms with Crippen LogP contribution in [0.25, 0.3) is 28.0 Å². The van der Waals surface area contributed by atoms with Crippen LogP contribution in [0.3, 0.4) is 0 Å². The number of anilines is 1. The van der Waals surface area contributed by atoms with Crippen molar-refractivity contribution < 1.29 is 13.2 Å². The van der Waals surface area contributed by atoms with Crippen molar-refractivity contribution in [3.63, 3.8) is 0 Å². The predicted octanol–water partition coefficient (Wildman–Crippen LogP) is 3.60. The molecule has 0 fully saturated rings. The molecule has 0 saturated heterocycles. The summed E-state index contributed by atoms with van der Waals surface area (Å²) in [5, 5.41) is 6.20. The molecule has 0 spiro atoms. The maximum Gasteiger partial charge on any atom is 0.256 e. The maximum absolute atomic E-state index is 14.7. The number of benzene rings is 2. The molecule has 4 N–H and O–H groups in total. The molecule has 174 valence electrons. The van der Waals surface area contributed by atoms with Crippen molar-refractivity contribution in [2.24, 2.45) is 5.73 Å². The van der Waals surface area contributed by atoms with Crippen molar-refractivity contribution in [3.05, 3.63) is 94.3 Å². The Morgan fingerprint density at radius 3 is 2.47 bits per heavy atom. The standard InChI is InChI=1S/C24H21F3N6O/c1-13-12-15(25)6-7-16(13)21-17-8-9-20(34)33(22-18(26)4-3-5-19(22)27)23(17)32-24(31-21)30-11-10-29-14(2)28/h3-9,12,29H,2,10-11,28H2,1H3,(H,30,31,32). The number of halogens is 3. The van der Waals surface area contributed by atoms with Crippen molar-refractivity contribution >= 4 is 17.0 Å². The third-order valence-electron chi connectivity index (χ3n) is 5.12. The highest BCUT2D eigenvalue weighted by molar-refractivity contribution is 5.93. The first-order chi connectivity index (χ1) is 16.3. The second-order valence-corrected chi connectivity index (χ2v) is 7.55. The monoisotopic (exact) mass is 466 g/mol. The molecule has 0 bridgehead atoms. The summed E-state index contributed by atoms with van der Waals surface area (Å²) >= 11 is 0. The number of nitrogens with two attached hydrogens (primary N) is 1. The van der Waals surface area contributed by atoms with Gasteiger partial charge in [0, 0.05) is 30.1 Å². The molecule has 0 radical (unpaired) electrons. The molecule has 10 heteroatoms. The number of para-hydroxylation sites is 1. The van der Waals surface area contributed by atoms with Gasteiger partial charge in [0.2, 0.25) is 5.95 Å². The lowest BCUT2D eigenvalue weighted by atomic mass is 10.0. The van der Waals surface area contributed by atoms with Crippen LogP contribution in [0.2, 0.25) is 0 Å².